The average Bonchev–Trinajstić information content (AvgIpc) is 2.49. The Kier molecular flexibility index (Phi) is 9.72. The van der Waals surface area contributed by atoms with E-state index in [1.54, 1.807) is 0 Å². The average molecular weight is 325 g/mol. The minimum atomic E-state index is -0.193. The van der Waals surface area contributed by atoms with Gasteiger partial charge in [-0.15, -0.1) is 0 Å². The Bertz CT molecular complexity index is 368. The largest absolute Gasteiger partial charge is 0.370 e. The fourth-order valence-corrected chi connectivity index (χ4v) is 3.27. The van der Waals surface area contributed by atoms with Crippen molar-refractivity contribution >= 4 is 11.9 Å². The third kappa shape index (κ3) is 8.82. The molecular formula is C18H36N4O. The number of nitrogens with one attached hydrogen (secondary N) is 1. The van der Waals surface area contributed by atoms with Crippen molar-refractivity contribution in [3.63, 3.8) is 0 Å². The van der Waals surface area contributed by atoms with Crippen molar-refractivity contribution in [3.05, 3.63) is 0 Å². The zero-order valence-electron chi connectivity index (χ0n) is 15.3. The van der Waals surface area contributed by atoms with Crippen molar-refractivity contribution in [2.45, 2.75) is 65.2 Å². The Hall–Kier alpha value is -1.26. The molecule has 0 aromatic carbocycles. The molecule has 1 saturated heterocycles. The Morgan fingerprint density at radius 1 is 1.30 bits per heavy atom. The predicted octanol–water partition coefficient (Wildman–Crippen LogP) is 2.76. The third-order valence-corrected chi connectivity index (χ3v) is 4.51. The summed E-state index contributed by atoms with van der Waals surface area (Å²) in [7, 11) is 1.84. The summed E-state index contributed by atoms with van der Waals surface area (Å²) < 4.78 is 0. The number of aliphatic imine (C=N–C) groups is 1. The first-order valence-electron chi connectivity index (χ1n) is 9.26. The molecule has 0 bridgehead atoms. The number of primary amides is 1. The van der Waals surface area contributed by atoms with Crippen molar-refractivity contribution < 1.29 is 4.79 Å². The zero-order valence-corrected chi connectivity index (χ0v) is 15.3. The summed E-state index contributed by atoms with van der Waals surface area (Å²) in [6.45, 7) is 7.46. The molecule has 0 spiro atoms. The highest BCUT2D eigenvalue weighted by Crippen LogP contribution is 2.19. The van der Waals surface area contributed by atoms with E-state index in [9.17, 15) is 4.79 Å². The van der Waals surface area contributed by atoms with Gasteiger partial charge in [-0.1, -0.05) is 39.5 Å². The first kappa shape index (κ1) is 19.8. The van der Waals surface area contributed by atoms with E-state index in [4.69, 9.17) is 5.73 Å². The molecule has 3 N–H and O–H groups in total. The number of guanidine groups is 1. The van der Waals surface area contributed by atoms with Crippen LogP contribution in [0.2, 0.25) is 0 Å². The van der Waals surface area contributed by atoms with E-state index >= 15 is 0 Å². The Morgan fingerprint density at radius 3 is 2.70 bits per heavy atom. The SMILES string of the molecule is CN=C(NCCCCCCC(C)C)N1CCCC(CC(N)=O)C1. The summed E-state index contributed by atoms with van der Waals surface area (Å²) in [4.78, 5) is 17.8. The quantitative estimate of drug-likeness (QED) is 0.389. The summed E-state index contributed by atoms with van der Waals surface area (Å²) in [6, 6.07) is 0. The summed E-state index contributed by atoms with van der Waals surface area (Å²) in [5, 5.41) is 3.47. The highest BCUT2D eigenvalue weighted by molar-refractivity contribution is 5.80. The number of nitrogens with two attached hydrogens (primary N) is 1. The number of hydrogen-bond donors (Lipinski definition) is 2. The molecule has 1 atom stereocenters. The molecule has 23 heavy (non-hydrogen) atoms. The van der Waals surface area contributed by atoms with Crippen LogP contribution in [0.3, 0.4) is 0 Å². The normalized spacial score (nSPS) is 19.2. The molecule has 1 heterocycles. The fourth-order valence-electron chi connectivity index (χ4n) is 3.27. The topological polar surface area (TPSA) is 70.7 Å². The first-order valence-corrected chi connectivity index (χ1v) is 9.26. The van der Waals surface area contributed by atoms with Gasteiger partial charge in [-0.05, 0) is 31.1 Å². The molecule has 1 fully saturated rings. The molecule has 5 heteroatoms. The fraction of sp³-hybridized carbons (Fsp3) is 0.889. The number of amides is 1. The second kappa shape index (κ2) is 11.3. The van der Waals surface area contributed by atoms with E-state index in [1.807, 2.05) is 7.05 Å². The van der Waals surface area contributed by atoms with Crippen LogP contribution in [0.1, 0.15) is 65.2 Å². The monoisotopic (exact) mass is 324 g/mol. The maximum Gasteiger partial charge on any atom is 0.217 e. The molecule has 1 amide bonds. The minimum absolute atomic E-state index is 0.193. The number of hydrogen-bond acceptors (Lipinski definition) is 2. The van der Waals surface area contributed by atoms with Gasteiger partial charge >= 0.3 is 0 Å². The Labute approximate surface area is 142 Å². The molecule has 5 nitrogen and oxygen atoms in total. The number of carbonyl (C=O) groups is 1. The highest BCUT2D eigenvalue weighted by atomic mass is 16.1. The van der Waals surface area contributed by atoms with Gasteiger partial charge in [0, 0.05) is 33.1 Å². The standard InChI is InChI=1S/C18H36N4O/c1-15(2)9-6-4-5-7-11-21-18(20-3)22-12-8-10-16(14-22)13-17(19)23/h15-16H,4-14H2,1-3H3,(H2,19,23)(H,20,21). The van der Waals surface area contributed by atoms with Gasteiger partial charge in [0.1, 0.15) is 0 Å². The highest BCUT2D eigenvalue weighted by Gasteiger charge is 2.23. The maximum absolute atomic E-state index is 11.1. The lowest BCUT2D eigenvalue weighted by Gasteiger charge is -2.34. The van der Waals surface area contributed by atoms with E-state index in [2.05, 4.69) is 29.1 Å². The van der Waals surface area contributed by atoms with Crippen LogP contribution in [0.15, 0.2) is 4.99 Å². The summed E-state index contributed by atoms with van der Waals surface area (Å²) >= 11 is 0. The minimum Gasteiger partial charge on any atom is -0.370 e. The molecule has 0 saturated carbocycles. The summed E-state index contributed by atoms with van der Waals surface area (Å²) in [5.74, 6) is 1.97. The third-order valence-electron chi connectivity index (χ3n) is 4.51. The van der Waals surface area contributed by atoms with Crippen molar-refractivity contribution in [1.82, 2.24) is 10.2 Å². The van der Waals surface area contributed by atoms with Crippen molar-refractivity contribution in [2.75, 3.05) is 26.7 Å². The van der Waals surface area contributed by atoms with Gasteiger partial charge in [0.25, 0.3) is 0 Å². The lowest BCUT2D eigenvalue weighted by Crippen LogP contribution is -2.47. The number of likely N-dealkylation sites (tertiary alicyclic amines) is 1. The van der Waals surface area contributed by atoms with Crippen LogP contribution in [-0.4, -0.2) is 43.4 Å². The number of unbranched alkanes of at least 4 members (excludes halogenated alkanes) is 3. The summed E-state index contributed by atoms with van der Waals surface area (Å²) in [6.07, 6.45) is 9.15. The lowest BCUT2D eigenvalue weighted by molar-refractivity contribution is -0.119. The molecule has 0 aliphatic carbocycles. The number of nitrogens with zero attached hydrogens (tertiary/aromatic N) is 2. The molecule has 1 aliphatic rings. The van der Waals surface area contributed by atoms with Crippen LogP contribution >= 0.6 is 0 Å². The van der Waals surface area contributed by atoms with Crippen LogP contribution in [-0.2, 0) is 4.79 Å². The molecule has 134 valence electrons. The molecule has 1 aliphatic heterocycles. The van der Waals surface area contributed by atoms with E-state index in [0.29, 0.717) is 12.3 Å². The second-order valence-electron chi connectivity index (χ2n) is 7.20. The van der Waals surface area contributed by atoms with Gasteiger partial charge in [0.15, 0.2) is 5.96 Å². The second-order valence-corrected chi connectivity index (χ2v) is 7.20. The lowest BCUT2D eigenvalue weighted by atomic mass is 9.95. The van der Waals surface area contributed by atoms with Crippen LogP contribution in [0.4, 0.5) is 0 Å². The van der Waals surface area contributed by atoms with Crippen molar-refractivity contribution in [1.29, 1.82) is 0 Å². The van der Waals surface area contributed by atoms with Crippen molar-refractivity contribution in [3.8, 4) is 0 Å². The van der Waals surface area contributed by atoms with Gasteiger partial charge in [0.05, 0.1) is 0 Å². The van der Waals surface area contributed by atoms with Crippen LogP contribution < -0.4 is 11.1 Å². The van der Waals surface area contributed by atoms with Gasteiger partial charge in [-0.3, -0.25) is 9.79 Å². The van der Waals surface area contributed by atoms with Gasteiger partial charge in [-0.25, -0.2) is 0 Å². The van der Waals surface area contributed by atoms with E-state index in [-0.39, 0.29) is 5.91 Å². The molecule has 0 radical (unpaired) electrons. The van der Waals surface area contributed by atoms with Crippen LogP contribution in [0.25, 0.3) is 0 Å². The molecule has 1 unspecified atom stereocenters. The Morgan fingerprint density at radius 2 is 2.04 bits per heavy atom. The van der Waals surface area contributed by atoms with E-state index in [0.717, 1.165) is 44.4 Å². The van der Waals surface area contributed by atoms with Gasteiger partial charge in [0.2, 0.25) is 5.91 Å². The molecule has 1 rings (SSSR count). The van der Waals surface area contributed by atoms with E-state index in [1.165, 1.54) is 32.1 Å². The Balaban J connectivity index is 2.22. The van der Waals surface area contributed by atoms with Crippen LogP contribution in [0.5, 0.6) is 0 Å². The van der Waals surface area contributed by atoms with E-state index < -0.39 is 0 Å². The van der Waals surface area contributed by atoms with Gasteiger partial charge in [-0.2, -0.15) is 0 Å². The van der Waals surface area contributed by atoms with Crippen LogP contribution in [0, 0.1) is 11.8 Å². The summed E-state index contributed by atoms with van der Waals surface area (Å²) in [5.41, 5.74) is 5.33. The van der Waals surface area contributed by atoms with Crippen molar-refractivity contribution in [2.24, 2.45) is 22.6 Å². The molecular weight excluding hydrogens is 288 g/mol. The molecule has 0 aromatic heterocycles. The zero-order chi connectivity index (χ0) is 17.1. The van der Waals surface area contributed by atoms with Gasteiger partial charge < -0.3 is 16.0 Å². The smallest absolute Gasteiger partial charge is 0.217 e. The predicted molar refractivity (Wildman–Crippen MR) is 97.4 cm³/mol. The molecule has 0 aromatic rings. The number of piperidine rings is 1. The number of carbonyl (C=O) groups excluding carboxylic acids is 1. The first-order chi connectivity index (χ1) is 11.0. The maximum atomic E-state index is 11.1. The number of rotatable bonds is 9.